The summed E-state index contributed by atoms with van der Waals surface area (Å²) < 4.78 is 5.61. The van der Waals surface area contributed by atoms with Crippen molar-refractivity contribution in [1.82, 2.24) is 19.8 Å². The second kappa shape index (κ2) is 11.2. The summed E-state index contributed by atoms with van der Waals surface area (Å²) in [5.41, 5.74) is 6.37. The van der Waals surface area contributed by atoms with Crippen LogP contribution in [0.25, 0.3) is 11.1 Å². The van der Waals surface area contributed by atoms with Gasteiger partial charge in [-0.2, -0.15) is 0 Å². The molecular weight excluding hydrogens is 448 g/mol. The van der Waals surface area contributed by atoms with Gasteiger partial charge in [-0.3, -0.25) is 14.9 Å². The Hall–Kier alpha value is -3.25. The predicted molar refractivity (Wildman–Crippen MR) is 143 cm³/mol. The van der Waals surface area contributed by atoms with E-state index in [0.717, 1.165) is 42.9 Å². The maximum absolute atomic E-state index is 12.6. The van der Waals surface area contributed by atoms with E-state index in [9.17, 15) is 4.79 Å². The first-order valence-electron chi connectivity index (χ1n) is 12.8. The summed E-state index contributed by atoms with van der Waals surface area (Å²) in [4.78, 5) is 26.5. The SMILES string of the molecule is Cc1cnc(CN(Cc2ncccc2-c2ccccc2)C2CCN(C(=O)OC(C)(C)C)CC2)c(C)c1. The topological polar surface area (TPSA) is 58.6 Å². The molecule has 0 atom stereocenters. The number of aromatic nitrogens is 2. The lowest BCUT2D eigenvalue weighted by Gasteiger charge is -2.39. The second-order valence-electron chi connectivity index (χ2n) is 10.7. The monoisotopic (exact) mass is 486 g/mol. The quantitative estimate of drug-likeness (QED) is 0.417. The summed E-state index contributed by atoms with van der Waals surface area (Å²) in [6.45, 7) is 12.8. The first-order chi connectivity index (χ1) is 17.2. The van der Waals surface area contributed by atoms with Crippen molar-refractivity contribution in [2.24, 2.45) is 0 Å². The number of likely N-dealkylation sites (tertiary alicyclic amines) is 1. The zero-order chi connectivity index (χ0) is 25.7. The summed E-state index contributed by atoms with van der Waals surface area (Å²) in [6, 6.07) is 17.1. The maximum Gasteiger partial charge on any atom is 0.410 e. The van der Waals surface area contributed by atoms with E-state index < -0.39 is 5.60 Å². The molecule has 3 heterocycles. The van der Waals surface area contributed by atoms with Crippen molar-refractivity contribution < 1.29 is 9.53 Å². The third-order valence-corrected chi connectivity index (χ3v) is 6.64. The fourth-order valence-electron chi connectivity index (χ4n) is 4.79. The zero-order valence-corrected chi connectivity index (χ0v) is 22.2. The molecule has 0 unspecified atom stereocenters. The largest absolute Gasteiger partial charge is 0.444 e. The van der Waals surface area contributed by atoms with Crippen LogP contribution in [0.5, 0.6) is 0 Å². The normalized spacial score (nSPS) is 14.8. The highest BCUT2D eigenvalue weighted by Gasteiger charge is 2.30. The number of rotatable bonds is 6. The Morgan fingerprint density at radius 2 is 1.69 bits per heavy atom. The van der Waals surface area contributed by atoms with Crippen molar-refractivity contribution in [2.75, 3.05) is 13.1 Å². The standard InChI is InChI=1S/C30H38N4O2/c1-22-18-23(2)27(32-19-22)20-34(25-13-16-33(17-14-25)29(35)36-30(3,4)5)21-28-26(12-9-15-31-28)24-10-7-6-8-11-24/h6-12,15,18-19,25H,13-14,16-17,20-21H2,1-5H3. The summed E-state index contributed by atoms with van der Waals surface area (Å²) in [5, 5.41) is 0. The Morgan fingerprint density at radius 1 is 1.00 bits per heavy atom. The molecule has 0 saturated carbocycles. The van der Waals surface area contributed by atoms with Gasteiger partial charge >= 0.3 is 6.09 Å². The van der Waals surface area contributed by atoms with Crippen LogP contribution in [-0.2, 0) is 17.8 Å². The van der Waals surface area contributed by atoms with E-state index in [1.165, 1.54) is 16.7 Å². The van der Waals surface area contributed by atoms with Gasteiger partial charge in [0.15, 0.2) is 0 Å². The fourth-order valence-corrected chi connectivity index (χ4v) is 4.79. The molecule has 1 aliphatic rings. The van der Waals surface area contributed by atoms with Gasteiger partial charge in [0.05, 0.1) is 11.4 Å². The van der Waals surface area contributed by atoms with Crippen LogP contribution in [0.1, 0.15) is 56.1 Å². The van der Waals surface area contributed by atoms with Crippen molar-refractivity contribution >= 4 is 6.09 Å². The molecule has 6 nitrogen and oxygen atoms in total. The molecule has 0 bridgehead atoms. The zero-order valence-electron chi connectivity index (χ0n) is 22.2. The number of nitrogens with zero attached hydrogens (tertiary/aromatic N) is 4. The fraction of sp³-hybridized carbons (Fsp3) is 0.433. The number of ether oxygens (including phenoxy) is 1. The highest BCUT2D eigenvalue weighted by Crippen LogP contribution is 2.27. The smallest absolute Gasteiger partial charge is 0.410 e. The van der Waals surface area contributed by atoms with Crippen molar-refractivity contribution in [2.45, 2.75) is 72.2 Å². The lowest BCUT2D eigenvalue weighted by molar-refractivity contribution is 0.0129. The van der Waals surface area contributed by atoms with E-state index in [-0.39, 0.29) is 6.09 Å². The Labute approximate surface area is 215 Å². The molecule has 36 heavy (non-hydrogen) atoms. The van der Waals surface area contributed by atoms with Gasteiger partial charge in [-0.05, 0) is 70.2 Å². The average Bonchev–Trinajstić information content (AvgIpc) is 2.85. The molecule has 2 aromatic heterocycles. The minimum Gasteiger partial charge on any atom is -0.444 e. The van der Waals surface area contributed by atoms with Crippen molar-refractivity contribution in [1.29, 1.82) is 0 Å². The van der Waals surface area contributed by atoms with E-state index in [1.54, 1.807) is 0 Å². The second-order valence-corrected chi connectivity index (χ2v) is 10.7. The number of aryl methyl sites for hydroxylation is 2. The van der Waals surface area contributed by atoms with Gasteiger partial charge in [0.25, 0.3) is 0 Å². The van der Waals surface area contributed by atoms with Gasteiger partial charge in [0.1, 0.15) is 5.60 Å². The molecule has 0 N–H and O–H groups in total. The molecule has 0 spiro atoms. The lowest BCUT2D eigenvalue weighted by atomic mass is 10.00. The number of benzene rings is 1. The Kier molecular flexibility index (Phi) is 8.04. The van der Waals surface area contributed by atoms with Crippen molar-refractivity contribution in [3.8, 4) is 11.1 Å². The Bertz CT molecular complexity index is 1170. The molecule has 1 aromatic carbocycles. The van der Waals surface area contributed by atoms with Gasteiger partial charge in [0, 0.05) is 50.2 Å². The molecule has 1 saturated heterocycles. The lowest BCUT2D eigenvalue weighted by Crippen LogP contribution is -2.47. The molecule has 0 radical (unpaired) electrons. The van der Waals surface area contributed by atoms with Gasteiger partial charge in [-0.25, -0.2) is 4.79 Å². The molecule has 3 aromatic rings. The number of hydrogen-bond acceptors (Lipinski definition) is 5. The molecule has 0 aliphatic carbocycles. The molecule has 1 amide bonds. The van der Waals surface area contributed by atoms with Crippen molar-refractivity contribution in [3.63, 3.8) is 0 Å². The molecule has 6 heteroatoms. The molecule has 1 fully saturated rings. The average molecular weight is 487 g/mol. The van der Waals surface area contributed by atoms with E-state index in [1.807, 2.05) is 50.2 Å². The highest BCUT2D eigenvalue weighted by atomic mass is 16.6. The summed E-state index contributed by atoms with van der Waals surface area (Å²) >= 11 is 0. The van der Waals surface area contributed by atoms with Crippen LogP contribution in [-0.4, -0.2) is 50.6 Å². The van der Waals surface area contributed by atoms with Crippen LogP contribution < -0.4 is 0 Å². The maximum atomic E-state index is 12.6. The molecule has 1 aliphatic heterocycles. The number of carbonyl (C=O) groups excluding carboxylic acids is 1. The van der Waals surface area contributed by atoms with Crippen LogP contribution >= 0.6 is 0 Å². The third-order valence-electron chi connectivity index (χ3n) is 6.64. The predicted octanol–water partition coefficient (Wildman–Crippen LogP) is 6.16. The Balaban J connectivity index is 1.56. The van der Waals surface area contributed by atoms with Gasteiger partial charge in [-0.1, -0.05) is 42.5 Å². The van der Waals surface area contributed by atoms with Crippen molar-refractivity contribution in [3.05, 3.63) is 83.4 Å². The number of carbonyl (C=O) groups is 1. The number of hydrogen-bond donors (Lipinski definition) is 0. The van der Waals surface area contributed by atoms with Crippen LogP contribution in [0.4, 0.5) is 4.79 Å². The van der Waals surface area contributed by atoms with E-state index in [0.29, 0.717) is 19.1 Å². The van der Waals surface area contributed by atoms with Crippen LogP contribution in [0.2, 0.25) is 0 Å². The minimum atomic E-state index is -0.485. The highest BCUT2D eigenvalue weighted by molar-refractivity contribution is 5.68. The summed E-state index contributed by atoms with van der Waals surface area (Å²) in [6.07, 6.45) is 5.37. The first kappa shape index (κ1) is 25.8. The van der Waals surface area contributed by atoms with Crippen LogP contribution in [0, 0.1) is 13.8 Å². The molecule has 4 rings (SSSR count). The minimum absolute atomic E-state index is 0.223. The summed E-state index contributed by atoms with van der Waals surface area (Å²) in [7, 11) is 0. The van der Waals surface area contributed by atoms with E-state index >= 15 is 0 Å². The van der Waals surface area contributed by atoms with Gasteiger partial charge < -0.3 is 9.64 Å². The molecule has 190 valence electrons. The van der Waals surface area contributed by atoms with Gasteiger partial charge in [-0.15, -0.1) is 0 Å². The first-order valence-corrected chi connectivity index (χ1v) is 12.8. The van der Waals surface area contributed by atoms with Gasteiger partial charge in [0.2, 0.25) is 0 Å². The van der Waals surface area contributed by atoms with E-state index in [4.69, 9.17) is 14.7 Å². The number of amides is 1. The third kappa shape index (κ3) is 6.70. The van der Waals surface area contributed by atoms with Crippen LogP contribution in [0.15, 0.2) is 60.9 Å². The summed E-state index contributed by atoms with van der Waals surface area (Å²) in [5.74, 6) is 0. The van der Waals surface area contributed by atoms with E-state index in [2.05, 4.69) is 55.1 Å². The van der Waals surface area contributed by atoms with Crippen LogP contribution in [0.3, 0.4) is 0 Å². The number of piperidine rings is 1. The number of pyridine rings is 2. The molecular formula is C30H38N4O2. The Morgan fingerprint density at radius 3 is 2.36 bits per heavy atom.